The van der Waals surface area contributed by atoms with Crippen LogP contribution in [0.5, 0.6) is 0 Å². The van der Waals surface area contributed by atoms with Crippen LogP contribution in [0.2, 0.25) is 0 Å². The molecule has 0 amide bonds. The molecule has 0 radical (unpaired) electrons. The van der Waals surface area contributed by atoms with E-state index in [4.69, 9.17) is 17.0 Å². The highest BCUT2D eigenvalue weighted by molar-refractivity contribution is 9.10. The third-order valence-electron chi connectivity index (χ3n) is 2.59. The number of rotatable bonds is 3. The van der Waals surface area contributed by atoms with Crippen LogP contribution < -0.4 is 0 Å². The van der Waals surface area contributed by atoms with Gasteiger partial charge in [0.1, 0.15) is 0 Å². The molecule has 0 aliphatic rings. The Morgan fingerprint density at radius 2 is 2.29 bits per heavy atom. The van der Waals surface area contributed by atoms with E-state index in [1.165, 1.54) is 0 Å². The maximum atomic E-state index is 5.36. The number of imidazole rings is 1. The molecule has 92 valence electrons. The molecule has 0 aromatic carbocycles. The summed E-state index contributed by atoms with van der Waals surface area (Å²) in [7, 11) is 1.68. The van der Waals surface area contributed by atoms with Gasteiger partial charge in [0, 0.05) is 17.8 Å². The number of nitrogens with zero attached hydrogens (tertiary/aromatic N) is 2. The maximum Gasteiger partial charge on any atom is 0.179 e. The monoisotopic (exact) mass is 315 g/mol. The topological polar surface area (TPSA) is 42.8 Å². The third-order valence-corrected chi connectivity index (χ3v) is 3.31. The van der Waals surface area contributed by atoms with Crippen molar-refractivity contribution < 1.29 is 4.74 Å². The first-order valence-corrected chi connectivity index (χ1v) is 6.41. The van der Waals surface area contributed by atoms with Gasteiger partial charge in [0.2, 0.25) is 0 Å². The Labute approximate surface area is 113 Å². The summed E-state index contributed by atoms with van der Waals surface area (Å²) in [5.41, 5.74) is 1.54. The number of pyridine rings is 1. The minimum Gasteiger partial charge on any atom is -0.382 e. The Morgan fingerprint density at radius 1 is 1.59 bits per heavy atom. The van der Waals surface area contributed by atoms with Crippen LogP contribution in [-0.2, 0) is 10.3 Å². The molecule has 0 saturated heterocycles. The van der Waals surface area contributed by atoms with Crippen LogP contribution in [-0.4, -0.2) is 28.3 Å². The summed E-state index contributed by atoms with van der Waals surface area (Å²) >= 11 is 8.75. The van der Waals surface area contributed by atoms with Crippen molar-refractivity contribution in [3.05, 3.63) is 21.5 Å². The van der Waals surface area contributed by atoms with Crippen LogP contribution in [0.25, 0.3) is 11.2 Å². The highest BCUT2D eigenvalue weighted by Gasteiger charge is 2.24. The lowest BCUT2D eigenvalue weighted by molar-refractivity contribution is 0.111. The van der Waals surface area contributed by atoms with Crippen molar-refractivity contribution in [2.24, 2.45) is 0 Å². The van der Waals surface area contributed by atoms with Gasteiger partial charge in [0.25, 0.3) is 0 Å². The Bertz CT molecular complexity index is 602. The number of halogens is 1. The molecular weight excluding hydrogens is 302 g/mol. The van der Waals surface area contributed by atoms with Gasteiger partial charge in [-0.15, -0.1) is 0 Å². The van der Waals surface area contributed by atoms with Gasteiger partial charge < -0.3 is 9.72 Å². The summed E-state index contributed by atoms with van der Waals surface area (Å²) < 4.78 is 8.82. The number of fused-ring (bicyclic) bond motifs is 1. The Hall–Kier alpha value is -0.720. The van der Waals surface area contributed by atoms with Crippen molar-refractivity contribution in [3.8, 4) is 0 Å². The van der Waals surface area contributed by atoms with Crippen molar-refractivity contribution in [1.29, 1.82) is 0 Å². The van der Waals surface area contributed by atoms with Gasteiger partial charge in [0.15, 0.2) is 10.4 Å². The van der Waals surface area contributed by atoms with Crippen molar-refractivity contribution >= 4 is 39.3 Å². The molecule has 0 fully saturated rings. The molecule has 0 aliphatic heterocycles. The van der Waals surface area contributed by atoms with E-state index in [1.54, 1.807) is 13.3 Å². The first-order chi connectivity index (χ1) is 7.95. The minimum atomic E-state index is -0.231. The molecule has 6 heteroatoms. The lowest BCUT2D eigenvalue weighted by Gasteiger charge is -2.25. The number of H-pyrrole nitrogens is 1. The number of aromatic nitrogens is 3. The Kier molecular flexibility index (Phi) is 3.38. The lowest BCUT2D eigenvalue weighted by Crippen LogP contribution is -2.31. The second-order valence-electron chi connectivity index (χ2n) is 4.54. The fraction of sp³-hybridized carbons (Fsp3) is 0.455. The molecule has 0 atom stereocenters. The Morgan fingerprint density at radius 3 is 2.94 bits per heavy atom. The van der Waals surface area contributed by atoms with Crippen LogP contribution >= 0.6 is 28.1 Å². The van der Waals surface area contributed by atoms with Gasteiger partial charge in [-0.1, -0.05) is 0 Å². The smallest absolute Gasteiger partial charge is 0.179 e. The van der Waals surface area contributed by atoms with Gasteiger partial charge in [-0.3, -0.25) is 4.57 Å². The van der Waals surface area contributed by atoms with Crippen molar-refractivity contribution in [2.75, 3.05) is 13.7 Å². The second-order valence-corrected chi connectivity index (χ2v) is 5.84. The summed E-state index contributed by atoms with van der Waals surface area (Å²) in [5.74, 6) is 0. The number of nitrogens with one attached hydrogen (secondary N) is 1. The van der Waals surface area contributed by atoms with Crippen molar-refractivity contribution in [2.45, 2.75) is 19.4 Å². The molecule has 0 unspecified atom stereocenters. The summed E-state index contributed by atoms with van der Waals surface area (Å²) in [4.78, 5) is 7.57. The summed E-state index contributed by atoms with van der Waals surface area (Å²) in [6.45, 7) is 4.72. The zero-order chi connectivity index (χ0) is 12.6. The van der Waals surface area contributed by atoms with E-state index in [0.29, 0.717) is 11.4 Å². The zero-order valence-electron chi connectivity index (χ0n) is 9.95. The zero-order valence-corrected chi connectivity index (χ0v) is 12.4. The highest BCUT2D eigenvalue weighted by Crippen LogP contribution is 2.24. The predicted molar refractivity (Wildman–Crippen MR) is 73.8 cm³/mol. The van der Waals surface area contributed by atoms with Gasteiger partial charge in [-0.05, 0) is 48.1 Å². The minimum absolute atomic E-state index is 0.231. The van der Waals surface area contributed by atoms with Crippen LogP contribution in [0.3, 0.4) is 0 Å². The van der Waals surface area contributed by atoms with E-state index in [-0.39, 0.29) is 5.54 Å². The number of aromatic amines is 1. The highest BCUT2D eigenvalue weighted by atomic mass is 79.9. The van der Waals surface area contributed by atoms with Gasteiger partial charge in [-0.2, -0.15) is 0 Å². The van der Waals surface area contributed by atoms with Gasteiger partial charge >= 0.3 is 0 Å². The molecule has 2 rings (SSSR count). The van der Waals surface area contributed by atoms with E-state index in [9.17, 15) is 0 Å². The van der Waals surface area contributed by atoms with Gasteiger partial charge in [-0.25, -0.2) is 4.98 Å². The van der Waals surface area contributed by atoms with E-state index in [2.05, 4.69) is 39.7 Å². The van der Waals surface area contributed by atoms with E-state index >= 15 is 0 Å². The van der Waals surface area contributed by atoms with E-state index < -0.39 is 0 Å². The number of methoxy groups -OCH3 is 1. The third kappa shape index (κ3) is 2.29. The standard InChI is InChI=1S/C11H14BrN3OS/c1-11(2,6-16-3)15-9-8(14-10(15)17)4-7(12)5-13-9/h4-5H,6H2,1-3H3,(H,14,17). The summed E-state index contributed by atoms with van der Waals surface area (Å²) in [6, 6.07) is 1.97. The molecular formula is C11H14BrN3OS. The quantitative estimate of drug-likeness (QED) is 0.884. The number of ether oxygens (including phenoxy) is 1. The van der Waals surface area contributed by atoms with Crippen molar-refractivity contribution in [3.63, 3.8) is 0 Å². The molecule has 0 spiro atoms. The molecule has 0 aliphatic carbocycles. The molecule has 2 aromatic heterocycles. The molecule has 17 heavy (non-hydrogen) atoms. The fourth-order valence-corrected chi connectivity index (χ4v) is 2.72. The average molecular weight is 316 g/mol. The predicted octanol–water partition coefficient (Wildman–Crippen LogP) is 3.24. The molecule has 4 nitrogen and oxygen atoms in total. The van der Waals surface area contributed by atoms with Crippen LogP contribution in [0, 0.1) is 4.77 Å². The number of hydrogen-bond donors (Lipinski definition) is 1. The second kappa shape index (κ2) is 4.51. The van der Waals surface area contributed by atoms with Crippen molar-refractivity contribution in [1.82, 2.24) is 14.5 Å². The van der Waals surface area contributed by atoms with E-state index in [1.807, 2.05) is 10.6 Å². The number of hydrogen-bond acceptors (Lipinski definition) is 3. The lowest BCUT2D eigenvalue weighted by atomic mass is 10.1. The molecule has 0 saturated carbocycles. The first kappa shape index (κ1) is 12.7. The van der Waals surface area contributed by atoms with E-state index in [0.717, 1.165) is 15.6 Å². The summed E-state index contributed by atoms with van der Waals surface area (Å²) in [6.07, 6.45) is 1.77. The van der Waals surface area contributed by atoms with Crippen LogP contribution in [0.4, 0.5) is 0 Å². The largest absolute Gasteiger partial charge is 0.382 e. The SMILES string of the molecule is COCC(C)(C)n1c(=S)[nH]c2cc(Br)cnc21. The molecule has 0 bridgehead atoms. The van der Waals surface area contributed by atoms with Crippen LogP contribution in [0.1, 0.15) is 13.8 Å². The summed E-state index contributed by atoms with van der Waals surface area (Å²) in [5, 5.41) is 0. The molecule has 1 N–H and O–H groups in total. The average Bonchev–Trinajstić information content (AvgIpc) is 2.53. The normalized spacial score (nSPS) is 12.2. The fourth-order valence-electron chi connectivity index (χ4n) is 1.95. The van der Waals surface area contributed by atoms with Crippen LogP contribution in [0.15, 0.2) is 16.7 Å². The molecule has 2 heterocycles. The molecule has 2 aromatic rings. The Balaban J connectivity index is 2.69. The first-order valence-electron chi connectivity index (χ1n) is 5.21. The van der Waals surface area contributed by atoms with Gasteiger partial charge in [0.05, 0.1) is 17.7 Å². The maximum absolute atomic E-state index is 5.36.